The Balaban J connectivity index is 5.85. The van der Waals surface area contributed by atoms with E-state index in [9.17, 15) is 32.9 Å². The number of carboxylic acids is 1. The number of hydrogen-bond donors (Lipinski definition) is 12. The number of nitrogens with two attached hydrogens (primary N) is 2. The lowest BCUT2D eigenvalue weighted by atomic mass is 10.1. The van der Waals surface area contributed by atoms with E-state index in [2.05, 4.69) is 13.6 Å². The Bertz CT molecular complexity index is 1010. The predicted octanol–water partition coefficient (Wildman–Crippen LogP) is -4.69. The normalized spacial score (nSPS) is 15.4. The number of carbonyl (C=O) groups is 4. The summed E-state index contributed by atoms with van der Waals surface area (Å²) in [5.74, 6) is -5.86. The molecule has 14 N–H and O–H groups in total. The van der Waals surface area contributed by atoms with Gasteiger partial charge in [-0.05, 0) is 19.4 Å². The average molecular weight is 647 g/mol. The Kier molecular flexibility index (Phi) is 16.4. The summed E-state index contributed by atoms with van der Waals surface area (Å²) in [5.41, 5.74) is 11.0. The summed E-state index contributed by atoms with van der Waals surface area (Å²) in [5, 5.41) is 14.7. The average Bonchev–Trinajstić information content (AvgIpc) is 2.79. The smallest absolute Gasteiger partial charge is 0.469 e. The lowest BCUT2D eigenvalue weighted by Crippen LogP contribution is -2.59. The number of hydrogen-bond acceptors (Lipinski definition) is 12. The fourth-order valence-electron chi connectivity index (χ4n) is 2.52. The van der Waals surface area contributed by atoms with Gasteiger partial charge in [-0.15, -0.1) is 0 Å². The SMILES string of the molecule is NCCCC[C@H](N)C(=O)N[C@@H](COP(=O)(O)O)C(=O)N[C@@H](COP(=O)(O)O)C(=O)N[C@@H](COP(=O)(O)O)C(=O)O. The number of nitrogens with one attached hydrogen (secondary N) is 3. The largest absolute Gasteiger partial charge is 0.480 e. The first-order chi connectivity index (χ1) is 18.1. The summed E-state index contributed by atoms with van der Waals surface area (Å²) in [6, 6.07) is -7.52. The summed E-state index contributed by atoms with van der Waals surface area (Å²) >= 11 is 0. The summed E-state index contributed by atoms with van der Waals surface area (Å²) in [4.78, 5) is 102. The van der Waals surface area contributed by atoms with E-state index < -0.39 is 91.1 Å². The van der Waals surface area contributed by atoms with Gasteiger partial charge in [0.25, 0.3) is 0 Å². The Morgan fingerprint density at radius 1 is 0.650 bits per heavy atom. The van der Waals surface area contributed by atoms with Gasteiger partial charge in [0.15, 0.2) is 6.04 Å². The zero-order chi connectivity index (χ0) is 31.3. The first-order valence-electron chi connectivity index (χ1n) is 10.8. The molecule has 0 saturated carbocycles. The van der Waals surface area contributed by atoms with E-state index in [0.717, 1.165) is 0 Å². The van der Waals surface area contributed by atoms with Crippen LogP contribution in [-0.4, -0.2) is 109 Å². The van der Waals surface area contributed by atoms with Crippen molar-refractivity contribution in [1.29, 1.82) is 0 Å². The highest BCUT2D eigenvalue weighted by molar-refractivity contribution is 7.46. The zero-order valence-corrected chi connectivity index (χ0v) is 23.2. The Hall–Kier alpha value is -1.87. The number of phosphoric acid groups is 3. The molecule has 3 amide bonds. The van der Waals surface area contributed by atoms with Crippen molar-refractivity contribution >= 4 is 47.2 Å². The minimum absolute atomic E-state index is 0.0884. The molecule has 25 heteroatoms. The van der Waals surface area contributed by atoms with E-state index in [-0.39, 0.29) is 6.42 Å². The lowest BCUT2D eigenvalue weighted by Gasteiger charge is -2.25. The molecule has 0 aliphatic rings. The van der Waals surface area contributed by atoms with Crippen LogP contribution in [0, 0.1) is 0 Å². The van der Waals surface area contributed by atoms with Crippen LogP contribution in [0.4, 0.5) is 0 Å². The van der Waals surface area contributed by atoms with Gasteiger partial charge in [-0.1, -0.05) is 6.42 Å². The van der Waals surface area contributed by atoms with Crippen LogP contribution in [-0.2, 0) is 46.4 Å². The summed E-state index contributed by atoms with van der Waals surface area (Å²) < 4.78 is 45.4. The second-order valence-electron chi connectivity index (χ2n) is 7.77. The van der Waals surface area contributed by atoms with Crippen LogP contribution in [0.1, 0.15) is 19.3 Å². The van der Waals surface area contributed by atoms with Crippen molar-refractivity contribution < 1.29 is 80.9 Å². The van der Waals surface area contributed by atoms with Crippen LogP contribution in [0.5, 0.6) is 0 Å². The number of unbranched alkanes of at least 4 members (excludes halogenated alkanes) is 1. The summed E-state index contributed by atoms with van der Waals surface area (Å²) in [7, 11) is -15.7. The first kappa shape index (κ1) is 38.1. The molecule has 0 unspecified atom stereocenters. The molecule has 0 saturated heterocycles. The number of phosphoric ester groups is 3. The van der Waals surface area contributed by atoms with Crippen molar-refractivity contribution in [1.82, 2.24) is 16.0 Å². The molecule has 0 bridgehead atoms. The second-order valence-corrected chi connectivity index (χ2v) is 11.5. The zero-order valence-electron chi connectivity index (χ0n) is 20.5. The molecule has 0 aromatic heterocycles. The summed E-state index contributed by atoms with van der Waals surface area (Å²) in [6.45, 7) is -3.52. The highest BCUT2D eigenvalue weighted by atomic mass is 31.2. The van der Waals surface area contributed by atoms with Gasteiger partial charge >= 0.3 is 29.4 Å². The fourth-order valence-corrected chi connectivity index (χ4v) is 3.55. The molecule has 4 atom stereocenters. The highest BCUT2D eigenvalue weighted by Gasteiger charge is 2.34. The third kappa shape index (κ3) is 18.5. The predicted molar refractivity (Wildman–Crippen MR) is 128 cm³/mol. The van der Waals surface area contributed by atoms with Crippen molar-refractivity contribution in [2.24, 2.45) is 11.5 Å². The Morgan fingerprint density at radius 2 is 1.00 bits per heavy atom. The Morgan fingerprint density at radius 3 is 1.35 bits per heavy atom. The minimum atomic E-state index is -5.30. The van der Waals surface area contributed by atoms with Crippen LogP contribution >= 0.6 is 23.5 Å². The molecule has 0 spiro atoms. The maximum Gasteiger partial charge on any atom is 0.469 e. The van der Waals surface area contributed by atoms with Crippen molar-refractivity contribution in [3.63, 3.8) is 0 Å². The molecule has 22 nitrogen and oxygen atoms in total. The molecule has 40 heavy (non-hydrogen) atoms. The van der Waals surface area contributed by atoms with Crippen molar-refractivity contribution in [3.05, 3.63) is 0 Å². The van der Waals surface area contributed by atoms with Gasteiger partial charge in [-0.2, -0.15) is 0 Å². The lowest BCUT2D eigenvalue weighted by molar-refractivity contribution is -0.143. The monoisotopic (exact) mass is 647 g/mol. The van der Waals surface area contributed by atoms with Crippen LogP contribution in [0.15, 0.2) is 0 Å². The van der Waals surface area contributed by atoms with Gasteiger partial charge < -0.3 is 61.9 Å². The Labute approximate surface area is 225 Å². The minimum Gasteiger partial charge on any atom is -0.480 e. The maximum absolute atomic E-state index is 12.8. The van der Waals surface area contributed by atoms with Crippen LogP contribution < -0.4 is 27.4 Å². The van der Waals surface area contributed by atoms with Gasteiger partial charge in [-0.25, -0.2) is 18.5 Å². The molecule has 0 heterocycles. The molecule has 0 rings (SSSR count). The number of aliphatic carboxylic acids is 1. The number of carbonyl (C=O) groups excluding carboxylic acids is 3. The molecular formula is C15H32N5O17P3. The van der Waals surface area contributed by atoms with Crippen LogP contribution in [0.2, 0.25) is 0 Å². The van der Waals surface area contributed by atoms with Gasteiger partial charge in [0.1, 0.15) is 12.1 Å². The van der Waals surface area contributed by atoms with E-state index in [0.29, 0.717) is 19.4 Å². The molecule has 0 aromatic rings. The van der Waals surface area contributed by atoms with Gasteiger partial charge in [0.2, 0.25) is 17.7 Å². The number of rotatable bonds is 20. The molecule has 234 valence electrons. The molecule has 0 fully saturated rings. The first-order valence-corrected chi connectivity index (χ1v) is 15.4. The molecular weight excluding hydrogens is 615 g/mol. The van der Waals surface area contributed by atoms with E-state index >= 15 is 0 Å². The van der Waals surface area contributed by atoms with E-state index in [1.54, 1.807) is 5.32 Å². The van der Waals surface area contributed by atoms with Gasteiger partial charge in [0, 0.05) is 0 Å². The molecule has 0 radical (unpaired) electrons. The standard InChI is InChI=1S/C15H32N5O17P3/c16-4-2-1-3-8(17)12(21)18-9(5-35-38(26,27)28)13(22)19-10(6-36-39(29,30)31)14(23)20-11(15(24)25)7-37-40(32,33)34/h8-11H,1-7,16-17H2,(H,18,21)(H,19,22)(H,20,23)(H,24,25)(H2,26,27,28)(H2,29,30,31)(H2,32,33,34)/t8-,9-,10-,11-/m0/s1. The quantitative estimate of drug-likeness (QED) is 0.0436. The topological polar surface area (TPSA) is 377 Å². The second kappa shape index (κ2) is 17.2. The third-order valence-corrected chi connectivity index (χ3v) is 5.87. The number of amides is 3. The van der Waals surface area contributed by atoms with Crippen molar-refractivity contribution in [2.75, 3.05) is 26.4 Å². The van der Waals surface area contributed by atoms with Gasteiger partial charge in [0.05, 0.1) is 25.9 Å². The fraction of sp³-hybridized carbons (Fsp3) is 0.733. The van der Waals surface area contributed by atoms with Crippen molar-refractivity contribution in [2.45, 2.75) is 43.4 Å². The van der Waals surface area contributed by atoms with E-state index in [4.69, 9.17) is 45.9 Å². The summed E-state index contributed by atoms with van der Waals surface area (Å²) in [6.07, 6.45) is 0.990. The van der Waals surface area contributed by atoms with E-state index in [1.165, 1.54) is 0 Å². The van der Waals surface area contributed by atoms with Crippen LogP contribution in [0.3, 0.4) is 0 Å². The molecule has 0 aliphatic heterocycles. The van der Waals surface area contributed by atoms with E-state index in [1.807, 2.05) is 10.6 Å². The van der Waals surface area contributed by atoms with Gasteiger partial charge in [-0.3, -0.25) is 28.0 Å². The highest BCUT2D eigenvalue weighted by Crippen LogP contribution is 2.37. The van der Waals surface area contributed by atoms with Crippen LogP contribution in [0.25, 0.3) is 0 Å². The van der Waals surface area contributed by atoms with Crippen molar-refractivity contribution in [3.8, 4) is 0 Å². The third-order valence-electron chi connectivity index (χ3n) is 4.41. The maximum atomic E-state index is 12.8. The number of carboxylic acid groups (broad SMARTS) is 1. The molecule has 0 aromatic carbocycles. The molecule has 0 aliphatic carbocycles.